The highest BCUT2D eigenvalue weighted by Crippen LogP contribution is 2.24. The van der Waals surface area contributed by atoms with Gasteiger partial charge in [0.15, 0.2) is 0 Å². The maximum absolute atomic E-state index is 11.2. The summed E-state index contributed by atoms with van der Waals surface area (Å²) in [7, 11) is 0. The lowest BCUT2D eigenvalue weighted by atomic mass is 10.1. The number of rotatable bonds is 3. The summed E-state index contributed by atoms with van der Waals surface area (Å²) in [5.74, 6) is -0.718. The third-order valence-electron chi connectivity index (χ3n) is 1.98. The molecule has 1 aromatic carbocycles. The third-order valence-corrected chi connectivity index (χ3v) is 1.98. The second kappa shape index (κ2) is 3.57. The van der Waals surface area contributed by atoms with Crippen molar-refractivity contribution in [2.45, 2.75) is 0 Å². The topological polar surface area (TPSA) is 52.6 Å². The molecular weight excluding hydrogens is 196 g/mol. The molecule has 0 aromatic heterocycles. The first-order valence-electron chi connectivity index (χ1n) is 4.36. The molecule has 1 heterocycles. The summed E-state index contributed by atoms with van der Waals surface area (Å²) in [6.45, 7) is 3.85. The number of ether oxygens (including phenoxy) is 2. The molecule has 0 unspecified atom stereocenters. The van der Waals surface area contributed by atoms with Crippen molar-refractivity contribution in [2.24, 2.45) is 0 Å². The minimum atomic E-state index is -0.626. The van der Waals surface area contributed by atoms with E-state index >= 15 is 0 Å². The first-order chi connectivity index (χ1) is 7.22. The van der Waals surface area contributed by atoms with Crippen LogP contribution in [0, 0.1) is 0 Å². The predicted octanol–water partition coefficient (Wildman–Crippen LogP) is 1.56. The first kappa shape index (κ1) is 9.45. The van der Waals surface area contributed by atoms with Crippen molar-refractivity contribution in [1.82, 2.24) is 0 Å². The van der Waals surface area contributed by atoms with Crippen LogP contribution >= 0.6 is 0 Å². The van der Waals surface area contributed by atoms with Gasteiger partial charge in [-0.25, -0.2) is 9.59 Å². The van der Waals surface area contributed by atoms with Gasteiger partial charge in [0, 0.05) is 0 Å². The zero-order valence-electron chi connectivity index (χ0n) is 7.86. The molecule has 0 spiro atoms. The Bertz CT molecular complexity index is 448. The van der Waals surface area contributed by atoms with E-state index < -0.39 is 11.9 Å². The molecule has 0 N–H and O–H groups in total. The van der Waals surface area contributed by atoms with Crippen LogP contribution in [0.3, 0.4) is 0 Å². The van der Waals surface area contributed by atoms with Crippen molar-refractivity contribution < 1.29 is 19.1 Å². The Hall–Kier alpha value is -2.10. The summed E-state index contributed by atoms with van der Waals surface area (Å²) in [5, 5.41) is 0. The van der Waals surface area contributed by atoms with Gasteiger partial charge >= 0.3 is 11.9 Å². The standard InChI is InChI=1S/C11H8O4/c1-2-5-14-7-3-4-8-9(6-7)11(13)15-10(8)12/h2-4,6H,1,5H2. The van der Waals surface area contributed by atoms with Gasteiger partial charge in [-0.05, 0) is 18.2 Å². The van der Waals surface area contributed by atoms with E-state index in [0.717, 1.165) is 0 Å². The van der Waals surface area contributed by atoms with Gasteiger partial charge in [0.05, 0.1) is 11.1 Å². The molecule has 2 rings (SSSR count). The summed E-state index contributed by atoms with van der Waals surface area (Å²) in [4.78, 5) is 22.3. The summed E-state index contributed by atoms with van der Waals surface area (Å²) >= 11 is 0. The number of benzene rings is 1. The quantitative estimate of drug-likeness (QED) is 0.426. The summed E-state index contributed by atoms with van der Waals surface area (Å²) in [6, 6.07) is 4.62. The molecular formula is C11H8O4. The average molecular weight is 204 g/mol. The van der Waals surface area contributed by atoms with Crippen LogP contribution < -0.4 is 4.74 Å². The first-order valence-corrected chi connectivity index (χ1v) is 4.36. The molecule has 0 radical (unpaired) electrons. The van der Waals surface area contributed by atoms with E-state index in [1.165, 1.54) is 12.1 Å². The highest BCUT2D eigenvalue weighted by molar-refractivity contribution is 6.14. The molecule has 0 amide bonds. The lowest BCUT2D eigenvalue weighted by Crippen LogP contribution is -1.97. The fourth-order valence-electron chi connectivity index (χ4n) is 1.31. The van der Waals surface area contributed by atoms with Gasteiger partial charge in [-0.3, -0.25) is 0 Å². The summed E-state index contributed by atoms with van der Waals surface area (Å²) in [6.07, 6.45) is 1.59. The molecule has 15 heavy (non-hydrogen) atoms. The van der Waals surface area contributed by atoms with Crippen molar-refractivity contribution in [2.75, 3.05) is 6.61 Å². The van der Waals surface area contributed by atoms with E-state index in [-0.39, 0.29) is 11.1 Å². The molecule has 0 bridgehead atoms. The molecule has 1 aliphatic rings. The predicted molar refractivity (Wildman–Crippen MR) is 51.9 cm³/mol. The zero-order valence-corrected chi connectivity index (χ0v) is 7.86. The van der Waals surface area contributed by atoms with Gasteiger partial charge in [-0.1, -0.05) is 12.7 Å². The second-order valence-corrected chi connectivity index (χ2v) is 2.98. The Morgan fingerprint density at radius 1 is 1.27 bits per heavy atom. The summed E-state index contributed by atoms with van der Waals surface area (Å²) in [5.41, 5.74) is 0.535. The van der Waals surface area contributed by atoms with Crippen molar-refractivity contribution >= 4 is 11.9 Å². The van der Waals surface area contributed by atoms with Crippen molar-refractivity contribution in [3.63, 3.8) is 0 Å². The van der Waals surface area contributed by atoms with Crippen LogP contribution in [0.25, 0.3) is 0 Å². The molecule has 4 nitrogen and oxygen atoms in total. The largest absolute Gasteiger partial charge is 0.490 e. The van der Waals surface area contributed by atoms with E-state index in [1.54, 1.807) is 12.1 Å². The van der Waals surface area contributed by atoms with Crippen molar-refractivity contribution in [1.29, 1.82) is 0 Å². The number of hydrogen-bond acceptors (Lipinski definition) is 4. The molecule has 76 valence electrons. The molecule has 0 saturated heterocycles. The van der Waals surface area contributed by atoms with Gasteiger partial charge < -0.3 is 9.47 Å². The average Bonchev–Trinajstić information content (AvgIpc) is 2.52. The van der Waals surface area contributed by atoms with Gasteiger partial charge in [-0.2, -0.15) is 0 Å². The molecule has 0 atom stereocenters. The molecule has 1 aliphatic heterocycles. The lowest BCUT2D eigenvalue weighted by molar-refractivity contribution is 0.0443. The Morgan fingerprint density at radius 3 is 2.73 bits per heavy atom. The minimum Gasteiger partial charge on any atom is -0.490 e. The number of cyclic esters (lactones) is 2. The molecule has 0 fully saturated rings. The van der Waals surface area contributed by atoms with Crippen molar-refractivity contribution in [3.05, 3.63) is 42.0 Å². The summed E-state index contributed by atoms with van der Waals surface area (Å²) < 4.78 is 9.66. The van der Waals surface area contributed by atoms with Crippen LogP contribution in [0.4, 0.5) is 0 Å². The van der Waals surface area contributed by atoms with E-state index in [4.69, 9.17) is 4.74 Å². The normalized spacial score (nSPS) is 13.3. The smallest absolute Gasteiger partial charge is 0.347 e. The Kier molecular flexibility index (Phi) is 2.25. The third kappa shape index (κ3) is 1.61. The maximum atomic E-state index is 11.2. The Morgan fingerprint density at radius 2 is 2.00 bits per heavy atom. The highest BCUT2D eigenvalue weighted by atomic mass is 16.6. The molecule has 1 aromatic rings. The van der Waals surface area contributed by atoms with Crippen LogP contribution in [0.1, 0.15) is 20.7 Å². The number of hydrogen-bond donors (Lipinski definition) is 0. The lowest BCUT2D eigenvalue weighted by Gasteiger charge is -2.02. The maximum Gasteiger partial charge on any atom is 0.347 e. The van der Waals surface area contributed by atoms with Crippen LogP contribution in [-0.2, 0) is 4.74 Å². The van der Waals surface area contributed by atoms with E-state index in [1.807, 2.05) is 0 Å². The second-order valence-electron chi connectivity index (χ2n) is 2.98. The molecule has 4 heteroatoms. The van der Waals surface area contributed by atoms with Gasteiger partial charge in [0.1, 0.15) is 12.4 Å². The number of carbonyl (C=O) groups excluding carboxylic acids is 2. The highest BCUT2D eigenvalue weighted by Gasteiger charge is 2.29. The number of fused-ring (bicyclic) bond motifs is 1. The number of carbonyl (C=O) groups is 2. The van der Waals surface area contributed by atoms with Gasteiger partial charge in [0.2, 0.25) is 0 Å². The minimum absolute atomic E-state index is 0.251. The van der Waals surface area contributed by atoms with E-state index in [0.29, 0.717) is 12.4 Å². The Balaban J connectivity index is 2.34. The molecule has 0 aliphatic carbocycles. The monoisotopic (exact) mass is 204 g/mol. The molecule has 0 saturated carbocycles. The van der Waals surface area contributed by atoms with Gasteiger partial charge in [-0.15, -0.1) is 0 Å². The Labute approximate surface area is 86.1 Å². The zero-order chi connectivity index (χ0) is 10.8. The van der Waals surface area contributed by atoms with Crippen LogP contribution in [0.5, 0.6) is 5.75 Å². The SMILES string of the molecule is C=CCOc1ccc2c(c1)C(=O)OC2=O. The van der Waals surface area contributed by atoms with E-state index in [9.17, 15) is 9.59 Å². The fraction of sp³-hybridized carbons (Fsp3) is 0.0909. The van der Waals surface area contributed by atoms with E-state index in [2.05, 4.69) is 11.3 Å². The number of esters is 2. The van der Waals surface area contributed by atoms with Crippen molar-refractivity contribution in [3.8, 4) is 5.75 Å². The van der Waals surface area contributed by atoms with Crippen LogP contribution in [-0.4, -0.2) is 18.5 Å². The van der Waals surface area contributed by atoms with Gasteiger partial charge in [0.25, 0.3) is 0 Å². The van der Waals surface area contributed by atoms with Crippen LogP contribution in [0.15, 0.2) is 30.9 Å². The van der Waals surface area contributed by atoms with Crippen LogP contribution in [0.2, 0.25) is 0 Å². The fourth-order valence-corrected chi connectivity index (χ4v) is 1.31.